The predicted molar refractivity (Wildman–Crippen MR) is 95.4 cm³/mol. The van der Waals surface area contributed by atoms with Crippen molar-refractivity contribution in [2.75, 3.05) is 5.75 Å². The fourth-order valence-corrected chi connectivity index (χ4v) is 3.09. The van der Waals surface area contributed by atoms with Crippen LogP contribution in [-0.4, -0.2) is 11.7 Å². The molecule has 0 unspecified atom stereocenters. The molecule has 0 fully saturated rings. The number of hydrogen-bond acceptors (Lipinski definition) is 2. The fraction of sp³-hybridized carbons (Fsp3) is 0.278. The second kappa shape index (κ2) is 8.25. The van der Waals surface area contributed by atoms with Crippen molar-refractivity contribution in [2.45, 2.75) is 25.6 Å². The Morgan fingerprint density at radius 1 is 1.23 bits per heavy atom. The van der Waals surface area contributed by atoms with Crippen LogP contribution in [0.4, 0.5) is 0 Å². The number of benzene rings is 2. The summed E-state index contributed by atoms with van der Waals surface area (Å²) in [5.41, 5.74) is 3.51. The molecule has 116 valence electrons. The summed E-state index contributed by atoms with van der Waals surface area (Å²) in [7, 11) is 0. The molecule has 1 atom stereocenters. The van der Waals surface area contributed by atoms with E-state index in [1.165, 1.54) is 11.1 Å². The number of carbonyl (C=O) groups excluding carboxylic acids is 1. The lowest BCUT2D eigenvalue weighted by atomic mass is 10.1. The molecular formula is C18H20ClNOS. The van der Waals surface area contributed by atoms with Crippen LogP contribution < -0.4 is 5.32 Å². The maximum atomic E-state index is 12.0. The molecule has 2 aromatic rings. The molecule has 0 saturated carbocycles. The van der Waals surface area contributed by atoms with Gasteiger partial charge in [0.15, 0.2) is 0 Å². The first-order chi connectivity index (χ1) is 10.5. The number of hydrogen-bond donors (Lipinski definition) is 1. The molecule has 22 heavy (non-hydrogen) atoms. The average molecular weight is 334 g/mol. The minimum absolute atomic E-state index is 0.0359. The molecule has 2 aromatic carbocycles. The monoisotopic (exact) mass is 333 g/mol. The molecule has 2 nitrogen and oxygen atoms in total. The molecule has 0 saturated heterocycles. The van der Waals surface area contributed by atoms with E-state index in [0.717, 1.165) is 11.3 Å². The van der Waals surface area contributed by atoms with E-state index in [-0.39, 0.29) is 11.9 Å². The van der Waals surface area contributed by atoms with E-state index in [1.807, 2.05) is 31.2 Å². The van der Waals surface area contributed by atoms with Gasteiger partial charge in [-0.25, -0.2) is 0 Å². The van der Waals surface area contributed by atoms with Gasteiger partial charge in [-0.1, -0.05) is 53.6 Å². The summed E-state index contributed by atoms with van der Waals surface area (Å²) in [4.78, 5) is 12.0. The van der Waals surface area contributed by atoms with Crippen LogP contribution in [0, 0.1) is 6.92 Å². The minimum atomic E-state index is -0.0359. The molecule has 0 heterocycles. The molecule has 0 aliphatic heterocycles. The van der Waals surface area contributed by atoms with Gasteiger partial charge in [0.25, 0.3) is 0 Å². The molecule has 0 bridgehead atoms. The Balaban J connectivity index is 1.76. The van der Waals surface area contributed by atoms with Gasteiger partial charge in [-0.15, -0.1) is 11.8 Å². The first kappa shape index (κ1) is 16.9. The normalized spacial score (nSPS) is 12.0. The van der Waals surface area contributed by atoms with Crippen molar-refractivity contribution < 1.29 is 4.79 Å². The van der Waals surface area contributed by atoms with Gasteiger partial charge < -0.3 is 5.32 Å². The van der Waals surface area contributed by atoms with E-state index in [4.69, 9.17) is 11.6 Å². The summed E-state index contributed by atoms with van der Waals surface area (Å²) in [5.74, 6) is 1.35. The van der Waals surface area contributed by atoms with E-state index >= 15 is 0 Å². The molecule has 2 rings (SSSR count). The van der Waals surface area contributed by atoms with Gasteiger partial charge in [0, 0.05) is 10.8 Å². The summed E-state index contributed by atoms with van der Waals surface area (Å²) in [6.45, 7) is 4.04. The largest absolute Gasteiger partial charge is 0.349 e. The highest BCUT2D eigenvalue weighted by atomic mass is 35.5. The van der Waals surface area contributed by atoms with Crippen LogP contribution in [0.3, 0.4) is 0 Å². The average Bonchev–Trinajstić information content (AvgIpc) is 2.49. The first-order valence-corrected chi connectivity index (χ1v) is 8.76. The lowest BCUT2D eigenvalue weighted by Gasteiger charge is -2.14. The number of nitrogens with one attached hydrogen (secondary N) is 1. The fourth-order valence-electron chi connectivity index (χ4n) is 2.09. The molecule has 0 aliphatic carbocycles. The van der Waals surface area contributed by atoms with Crippen LogP contribution in [0.25, 0.3) is 0 Å². The summed E-state index contributed by atoms with van der Waals surface area (Å²) < 4.78 is 0. The van der Waals surface area contributed by atoms with Crippen molar-refractivity contribution >= 4 is 29.3 Å². The highest BCUT2D eigenvalue weighted by Crippen LogP contribution is 2.18. The Morgan fingerprint density at radius 2 is 1.95 bits per heavy atom. The van der Waals surface area contributed by atoms with Gasteiger partial charge in [0.05, 0.1) is 11.8 Å². The summed E-state index contributed by atoms with van der Waals surface area (Å²) in [5, 5.41) is 3.69. The molecule has 0 radical (unpaired) electrons. The summed E-state index contributed by atoms with van der Waals surface area (Å²) >= 11 is 7.59. The van der Waals surface area contributed by atoms with Crippen LogP contribution >= 0.6 is 23.4 Å². The van der Waals surface area contributed by atoms with E-state index in [0.29, 0.717) is 10.8 Å². The Bertz CT molecular complexity index is 627. The third kappa shape index (κ3) is 5.39. The van der Waals surface area contributed by atoms with Crippen LogP contribution in [0.5, 0.6) is 0 Å². The Labute approximate surface area is 141 Å². The standard InChI is InChI=1S/C18H20ClNOS/c1-13-6-8-15(9-7-13)11-22-12-18(21)20-14(2)16-4-3-5-17(19)10-16/h3-10,14H,11-12H2,1-2H3,(H,20,21)/t14-/m1/s1. The zero-order chi connectivity index (χ0) is 15.9. The molecule has 1 amide bonds. The summed E-state index contributed by atoms with van der Waals surface area (Å²) in [6, 6.07) is 15.9. The van der Waals surface area contributed by atoms with Gasteiger partial charge in [-0.3, -0.25) is 4.79 Å². The second-order valence-corrected chi connectivity index (χ2v) is 6.74. The van der Waals surface area contributed by atoms with E-state index in [2.05, 4.69) is 36.5 Å². The van der Waals surface area contributed by atoms with Crippen molar-refractivity contribution in [3.05, 3.63) is 70.2 Å². The first-order valence-electron chi connectivity index (χ1n) is 7.22. The lowest BCUT2D eigenvalue weighted by molar-refractivity contribution is -0.119. The topological polar surface area (TPSA) is 29.1 Å². The predicted octanol–water partition coefficient (Wildman–Crippen LogP) is 4.76. The minimum Gasteiger partial charge on any atom is -0.349 e. The van der Waals surface area contributed by atoms with Gasteiger partial charge in [-0.05, 0) is 37.1 Å². The molecular weight excluding hydrogens is 314 g/mol. The van der Waals surface area contributed by atoms with E-state index < -0.39 is 0 Å². The van der Waals surface area contributed by atoms with E-state index in [1.54, 1.807) is 11.8 Å². The smallest absolute Gasteiger partial charge is 0.230 e. The molecule has 1 N–H and O–H groups in total. The maximum absolute atomic E-state index is 12.0. The number of rotatable bonds is 6. The van der Waals surface area contributed by atoms with Gasteiger partial charge in [-0.2, -0.15) is 0 Å². The lowest BCUT2D eigenvalue weighted by Crippen LogP contribution is -2.28. The van der Waals surface area contributed by atoms with Crippen molar-refractivity contribution in [1.29, 1.82) is 0 Å². The molecule has 4 heteroatoms. The number of amides is 1. The number of carbonyl (C=O) groups is 1. The van der Waals surface area contributed by atoms with Gasteiger partial charge in [0.1, 0.15) is 0 Å². The Morgan fingerprint density at radius 3 is 2.64 bits per heavy atom. The number of halogens is 1. The third-order valence-corrected chi connectivity index (χ3v) is 4.59. The van der Waals surface area contributed by atoms with Crippen LogP contribution in [0.1, 0.15) is 29.7 Å². The van der Waals surface area contributed by atoms with Gasteiger partial charge in [0.2, 0.25) is 5.91 Å². The Hall–Kier alpha value is -1.45. The molecule has 0 spiro atoms. The van der Waals surface area contributed by atoms with Crippen LogP contribution in [0.15, 0.2) is 48.5 Å². The third-order valence-electron chi connectivity index (χ3n) is 3.35. The second-order valence-electron chi connectivity index (χ2n) is 5.32. The number of thioether (sulfide) groups is 1. The molecule has 0 aliphatic rings. The SMILES string of the molecule is Cc1ccc(CSCC(=O)N[C@H](C)c2cccc(Cl)c2)cc1. The zero-order valence-electron chi connectivity index (χ0n) is 12.8. The maximum Gasteiger partial charge on any atom is 0.230 e. The highest BCUT2D eigenvalue weighted by Gasteiger charge is 2.09. The Kier molecular flexibility index (Phi) is 6.34. The van der Waals surface area contributed by atoms with Crippen LogP contribution in [0.2, 0.25) is 5.02 Å². The van der Waals surface area contributed by atoms with Gasteiger partial charge >= 0.3 is 0 Å². The summed E-state index contributed by atoms with van der Waals surface area (Å²) in [6.07, 6.45) is 0. The zero-order valence-corrected chi connectivity index (χ0v) is 14.4. The molecule has 0 aromatic heterocycles. The van der Waals surface area contributed by atoms with Crippen molar-refractivity contribution in [3.63, 3.8) is 0 Å². The number of aryl methyl sites for hydroxylation is 1. The van der Waals surface area contributed by atoms with E-state index in [9.17, 15) is 4.79 Å². The quantitative estimate of drug-likeness (QED) is 0.825. The van der Waals surface area contributed by atoms with Crippen molar-refractivity contribution in [1.82, 2.24) is 5.32 Å². The van der Waals surface area contributed by atoms with Crippen LogP contribution in [-0.2, 0) is 10.5 Å². The highest BCUT2D eigenvalue weighted by molar-refractivity contribution is 7.99. The van der Waals surface area contributed by atoms with Crippen molar-refractivity contribution in [3.8, 4) is 0 Å². The van der Waals surface area contributed by atoms with Crippen molar-refractivity contribution in [2.24, 2.45) is 0 Å².